The van der Waals surface area contributed by atoms with E-state index in [-0.39, 0.29) is 6.10 Å². The molecule has 1 unspecified atom stereocenters. The van der Waals surface area contributed by atoms with Crippen molar-refractivity contribution in [3.63, 3.8) is 0 Å². The standard InChI is InChI=1S/C14H23NO3S2/c1-4-8-18-13-6-5-7-15(10-13)20(16,17)14-9-11(2)19-12(14)3/h9,13H,4-8,10H2,1-3H3. The zero-order chi connectivity index (χ0) is 14.8. The first-order valence-electron chi connectivity index (χ1n) is 7.14. The fourth-order valence-electron chi connectivity index (χ4n) is 2.55. The van der Waals surface area contributed by atoms with Gasteiger partial charge in [0.1, 0.15) is 0 Å². The van der Waals surface area contributed by atoms with Crippen LogP contribution < -0.4 is 0 Å². The Hall–Kier alpha value is -0.430. The van der Waals surface area contributed by atoms with Gasteiger partial charge < -0.3 is 4.74 Å². The highest BCUT2D eigenvalue weighted by atomic mass is 32.2. The molecule has 0 aliphatic carbocycles. The molecule has 4 nitrogen and oxygen atoms in total. The Morgan fingerprint density at radius 1 is 1.45 bits per heavy atom. The fraction of sp³-hybridized carbons (Fsp3) is 0.714. The van der Waals surface area contributed by atoms with Gasteiger partial charge in [-0.3, -0.25) is 0 Å². The van der Waals surface area contributed by atoms with Crippen LogP contribution in [0.1, 0.15) is 35.9 Å². The van der Waals surface area contributed by atoms with E-state index in [2.05, 4.69) is 6.92 Å². The van der Waals surface area contributed by atoms with Gasteiger partial charge in [-0.25, -0.2) is 8.42 Å². The summed E-state index contributed by atoms with van der Waals surface area (Å²) in [6.45, 7) is 7.67. The van der Waals surface area contributed by atoms with Crippen molar-refractivity contribution in [2.24, 2.45) is 0 Å². The maximum absolute atomic E-state index is 12.7. The summed E-state index contributed by atoms with van der Waals surface area (Å²) in [5.74, 6) is 0. The smallest absolute Gasteiger partial charge is 0.244 e. The second kappa shape index (κ2) is 6.56. The van der Waals surface area contributed by atoms with Crippen molar-refractivity contribution in [1.29, 1.82) is 0 Å². The van der Waals surface area contributed by atoms with Gasteiger partial charge in [-0.1, -0.05) is 6.92 Å². The van der Waals surface area contributed by atoms with Crippen LogP contribution in [0.2, 0.25) is 0 Å². The lowest BCUT2D eigenvalue weighted by Crippen LogP contribution is -2.43. The number of piperidine rings is 1. The van der Waals surface area contributed by atoms with E-state index >= 15 is 0 Å². The molecule has 20 heavy (non-hydrogen) atoms. The fourth-order valence-corrected chi connectivity index (χ4v) is 5.58. The molecule has 0 amide bonds. The van der Waals surface area contributed by atoms with E-state index in [1.54, 1.807) is 10.4 Å². The Bertz CT molecular complexity index is 551. The number of aryl methyl sites for hydroxylation is 2. The van der Waals surface area contributed by atoms with Gasteiger partial charge in [-0.15, -0.1) is 11.3 Å². The number of hydrogen-bond acceptors (Lipinski definition) is 4. The van der Waals surface area contributed by atoms with Crippen molar-refractivity contribution < 1.29 is 13.2 Å². The Kier molecular flexibility index (Phi) is 5.23. The minimum Gasteiger partial charge on any atom is -0.377 e. The minimum atomic E-state index is -3.37. The number of nitrogens with zero attached hydrogens (tertiary/aromatic N) is 1. The highest BCUT2D eigenvalue weighted by Gasteiger charge is 2.32. The predicted octanol–water partition coefficient (Wildman–Crippen LogP) is 2.94. The molecule has 0 bridgehead atoms. The van der Waals surface area contributed by atoms with E-state index < -0.39 is 10.0 Å². The third-order valence-electron chi connectivity index (χ3n) is 3.51. The van der Waals surface area contributed by atoms with Crippen LogP contribution in [0.5, 0.6) is 0 Å². The number of sulfonamides is 1. The lowest BCUT2D eigenvalue weighted by atomic mass is 10.1. The number of ether oxygens (including phenoxy) is 1. The first-order valence-corrected chi connectivity index (χ1v) is 9.39. The first kappa shape index (κ1) is 15.9. The third-order valence-corrected chi connectivity index (χ3v) is 6.60. The molecule has 1 aliphatic heterocycles. The molecule has 0 radical (unpaired) electrons. The number of hydrogen-bond donors (Lipinski definition) is 0. The SMILES string of the molecule is CCCOC1CCCN(S(=O)(=O)c2cc(C)sc2C)C1. The van der Waals surface area contributed by atoms with Crippen LogP contribution in [0.3, 0.4) is 0 Å². The summed E-state index contributed by atoms with van der Waals surface area (Å²) < 4.78 is 32.7. The average molecular weight is 317 g/mol. The van der Waals surface area contributed by atoms with E-state index in [1.807, 2.05) is 13.8 Å². The van der Waals surface area contributed by atoms with Crippen molar-refractivity contribution in [3.8, 4) is 0 Å². The van der Waals surface area contributed by atoms with E-state index in [9.17, 15) is 8.42 Å². The summed E-state index contributed by atoms with van der Waals surface area (Å²) in [5, 5.41) is 0. The van der Waals surface area contributed by atoms with Gasteiger partial charge in [0.25, 0.3) is 0 Å². The molecule has 1 aliphatic rings. The lowest BCUT2D eigenvalue weighted by molar-refractivity contribution is 0.0193. The second-order valence-electron chi connectivity index (χ2n) is 5.28. The summed E-state index contributed by atoms with van der Waals surface area (Å²) in [6.07, 6.45) is 2.83. The first-order chi connectivity index (χ1) is 9.45. The Balaban J connectivity index is 2.15. The molecule has 1 saturated heterocycles. The van der Waals surface area contributed by atoms with Crippen molar-refractivity contribution in [3.05, 3.63) is 15.8 Å². The van der Waals surface area contributed by atoms with Crippen LogP contribution in [-0.2, 0) is 14.8 Å². The van der Waals surface area contributed by atoms with Crippen molar-refractivity contribution >= 4 is 21.4 Å². The van der Waals surface area contributed by atoms with E-state index in [0.29, 0.717) is 24.6 Å². The van der Waals surface area contributed by atoms with Gasteiger partial charge in [0, 0.05) is 29.5 Å². The van der Waals surface area contributed by atoms with Crippen molar-refractivity contribution in [2.75, 3.05) is 19.7 Å². The predicted molar refractivity (Wildman–Crippen MR) is 81.8 cm³/mol. The summed E-state index contributed by atoms with van der Waals surface area (Å²) in [4.78, 5) is 2.38. The molecule has 6 heteroatoms. The van der Waals surface area contributed by atoms with Crippen LogP contribution in [0, 0.1) is 13.8 Å². The summed E-state index contributed by atoms with van der Waals surface area (Å²) in [7, 11) is -3.37. The quantitative estimate of drug-likeness (QED) is 0.839. The lowest BCUT2D eigenvalue weighted by Gasteiger charge is -2.31. The van der Waals surface area contributed by atoms with E-state index in [0.717, 1.165) is 29.0 Å². The third kappa shape index (κ3) is 3.42. The highest BCUT2D eigenvalue weighted by Crippen LogP contribution is 2.29. The van der Waals surface area contributed by atoms with Gasteiger partial charge >= 0.3 is 0 Å². The van der Waals surface area contributed by atoms with Gasteiger partial charge in [-0.2, -0.15) is 4.31 Å². The molecule has 0 aromatic carbocycles. The molecule has 114 valence electrons. The molecular formula is C14H23NO3S2. The molecule has 2 rings (SSSR count). The molecule has 0 N–H and O–H groups in total. The van der Waals surface area contributed by atoms with Crippen molar-refractivity contribution in [2.45, 2.75) is 51.0 Å². The Morgan fingerprint density at radius 2 is 2.20 bits per heavy atom. The molecule has 2 heterocycles. The topological polar surface area (TPSA) is 46.6 Å². The van der Waals surface area contributed by atoms with Gasteiger partial charge in [0.15, 0.2) is 0 Å². The normalized spacial score (nSPS) is 21.2. The Labute approximate surface area is 125 Å². The molecular weight excluding hydrogens is 294 g/mol. The maximum Gasteiger partial charge on any atom is 0.244 e. The van der Waals surface area contributed by atoms with Gasteiger partial charge in [0.05, 0.1) is 11.0 Å². The van der Waals surface area contributed by atoms with Crippen LogP contribution in [0.15, 0.2) is 11.0 Å². The van der Waals surface area contributed by atoms with Crippen molar-refractivity contribution in [1.82, 2.24) is 4.31 Å². The molecule has 1 atom stereocenters. The molecule has 1 fully saturated rings. The second-order valence-corrected chi connectivity index (χ2v) is 8.64. The summed E-state index contributed by atoms with van der Waals surface area (Å²) >= 11 is 1.54. The summed E-state index contributed by atoms with van der Waals surface area (Å²) in [5.41, 5.74) is 0. The monoisotopic (exact) mass is 317 g/mol. The number of thiophene rings is 1. The molecule has 1 aromatic rings. The maximum atomic E-state index is 12.7. The zero-order valence-electron chi connectivity index (χ0n) is 12.4. The van der Waals surface area contributed by atoms with Crippen LogP contribution in [-0.4, -0.2) is 38.5 Å². The molecule has 1 aromatic heterocycles. The molecule has 0 spiro atoms. The van der Waals surface area contributed by atoms with Crippen LogP contribution >= 0.6 is 11.3 Å². The Morgan fingerprint density at radius 3 is 2.80 bits per heavy atom. The van der Waals surface area contributed by atoms with Gasteiger partial charge in [0.2, 0.25) is 10.0 Å². The zero-order valence-corrected chi connectivity index (χ0v) is 14.0. The minimum absolute atomic E-state index is 0.0403. The molecule has 0 saturated carbocycles. The summed E-state index contributed by atoms with van der Waals surface area (Å²) in [6, 6.07) is 1.78. The van der Waals surface area contributed by atoms with Gasteiger partial charge in [-0.05, 0) is 39.2 Å². The van der Waals surface area contributed by atoms with Crippen LogP contribution in [0.4, 0.5) is 0 Å². The van der Waals surface area contributed by atoms with Crippen LogP contribution in [0.25, 0.3) is 0 Å². The highest BCUT2D eigenvalue weighted by molar-refractivity contribution is 7.89. The number of rotatable bonds is 5. The largest absolute Gasteiger partial charge is 0.377 e. The van der Waals surface area contributed by atoms with E-state index in [4.69, 9.17) is 4.74 Å². The van der Waals surface area contributed by atoms with E-state index in [1.165, 1.54) is 11.3 Å². The average Bonchev–Trinajstić information content (AvgIpc) is 2.76.